The van der Waals surface area contributed by atoms with Gasteiger partial charge in [0.25, 0.3) is 15.9 Å². The third kappa shape index (κ3) is 16.7. The number of hydrogen-bond donors (Lipinski definition) is 1. The van der Waals surface area contributed by atoms with E-state index in [-0.39, 0.29) is 36.9 Å². The second kappa shape index (κ2) is 30.6. The van der Waals surface area contributed by atoms with Gasteiger partial charge >= 0.3 is 0 Å². The van der Waals surface area contributed by atoms with E-state index in [0.717, 1.165) is 89.2 Å². The van der Waals surface area contributed by atoms with Gasteiger partial charge in [0.15, 0.2) is 11.5 Å². The molecule has 12 nitrogen and oxygen atoms in total. The van der Waals surface area contributed by atoms with E-state index in [1.54, 1.807) is 30.3 Å². The first-order chi connectivity index (χ1) is 38.3. The molecule has 0 radical (unpaired) electrons. The Morgan fingerprint density at radius 1 is 0.436 bits per heavy atom. The van der Waals surface area contributed by atoms with Gasteiger partial charge in [-0.05, 0) is 93.7 Å². The monoisotopic (exact) mass is 1080 g/mol. The fourth-order valence-corrected chi connectivity index (χ4v) is 11.1. The van der Waals surface area contributed by atoms with Crippen LogP contribution >= 0.6 is 0 Å². The van der Waals surface area contributed by atoms with Gasteiger partial charge in [0.05, 0.1) is 44.5 Å². The fourth-order valence-electron chi connectivity index (χ4n) is 10.1. The number of amides is 1. The lowest BCUT2D eigenvalue weighted by Gasteiger charge is -2.23. The molecule has 9 rings (SSSR count). The van der Waals surface area contributed by atoms with Gasteiger partial charge in [0.2, 0.25) is 0 Å². The molecule has 0 spiro atoms. The molecule has 1 aliphatic carbocycles. The highest BCUT2D eigenvalue weighted by atomic mass is 32.2. The number of rotatable bonds is 19. The highest BCUT2D eigenvalue weighted by molar-refractivity contribution is 7.90. The number of nitrogens with one attached hydrogen (secondary N) is 1. The number of hydrogen-bond acceptors (Lipinski definition) is 11. The van der Waals surface area contributed by atoms with Crippen molar-refractivity contribution in [1.82, 2.24) is 4.72 Å². The first-order valence-corrected chi connectivity index (χ1v) is 29.9. The maximum Gasteiger partial charge on any atom is 0.265 e. The molecule has 10 bridgehead atoms. The summed E-state index contributed by atoms with van der Waals surface area (Å²) in [4.78, 5) is 14.5. The molecule has 2 aliphatic heterocycles. The first kappa shape index (κ1) is 57.6. The summed E-state index contributed by atoms with van der Waals surface area (Å²) in [5, 5.41) is 0. The van der Waals surface area contributed by atoms with Crippen molar-refractivity contribution < 1.29 is 51.1 Å². The molecule has 0 saturated carbocycles. The van der Waals surface area contributed by atoms with Gasteiger partial charge in [-0.1, -0.05) is 163 Å². The van der Waals surface area contributed by atoms with Crippen molar-refractivity contribution >= 4 is 15.9 Å². The zero-order valence-corrected chi connectivity index (χ0v) is 46.6. The van der Waals surface area contributed by atoms with Crippen LogP contribution in [0.1, 0.15) is 146 Å². The molecule has 6 aromatic rings. The number of unbranched alkanes of at least 4 members (excludes halogenated alkanes) is 10. The van der Waals surface area contributed by atoms with Gasteiger partial charge in [-0.3, -0.25) is 4.79 Å². The summed E-state index contributed by atoms with van der Waals surface area (Å²) in [6.07, 6.45) is 15.0. The lowest BCUT2D eigenvalue weighted by atomic mass is 9.90. The lowest BCUT2D eigenvalue weighted by molar-refractivity contribution is 0.0695. The van der Waals surface area contributed by atoms with Gasteiger partial charge in [0.1, 0.15) is 49.4 Å². The number of benzene rings is 6. The van der Waals surface area contributed by atoms with Gasteiger partial charge in [-0.2, -0.15) is 0 Å². The summed E-state index contributed by atoms with van der Waals surface area (Å²) in [6.45, 7) is 7.82. The second-order valence-electron chi connectivity index (χ2n) is 20.1. The zero-order chi connectivity index (χ0) is 54.2. The van der Waals surface area contributed by atoms with Crippen LogP contribution in [-0.2, 0) is 45.2 Å². The number of carbonyl (C=O) groups excluding carboxylic acids is 1. The van der Waals surface area contributed by atoms with Crippen LogP contribution in [0.2, 0.25) is 0 Å². The molecule has 3 aliphatic rings. The molecular weight excluding hydrogens is 1000 g/mol. The summed E-state index contributed by atoms with van der Waals surface area (Å²) >= 11 is 0. The topological polar surface area (TPSA) is 137 Å². The zero-order valence-electron chi connectivity index (χ0n) is 45.8. The average molecular weight is 1080 g/mol. The van der Waals surface area contributed by atoms with Crippen LogP contribution in [0.4, 0.5) is 0 Å². The van der Waals surface area contributed by atoms with Crippen LogP contribution in [0.25, 0.3) is 0 Å². The van der Waals surface area contributed by atoms with Crippen molar-refractivity contribution in [3.05, 3.63) is 171 Å². The van der Waals surface area contributed by atoms with E-state index in [9.17, 15) is 13.2 Å². The molecule has 0 aromatic heterocycles. The molecule has 0 unspecified atom stereocenters. The molecule has 13 heteroatoms. The normalized spacial score (nSPS) is 14.3. The van der Waals surface area contributed by atoms with Crippen LogP contribution in [0.3, 0.4) is 0 Å². The predicted molar refractivity (Wildman–Crippen MR) is 306 cm³/mol. The van der Waals surface area contributed by atoms with Crippen LogP contribution in [-0.4, -0.2) is 80.4 Å². The van der Waals surface area contributed by atoms with Crippen LogP contribution in [0.5, 0.6) is 34.5 Å². The van der Waals surface area contributed by atoms with E-state index in [4.69, 9.17) is 37.9 Å². The van der Waals surface area contributed by atoms with E-state index in [1.165, 1.54) is 50.7 Å². The fraction of sp³-hybridized carbons (Fsp3) is 0.431. The average Bonchev–Trinajstić information content (AvgIpc) is 3.55. The van der Waals surface area contributed by atoms with Crippen molar-refractivity contribution in [3.63, 3.8) is 0 Å². The number of fused-ring (bicyclic) bond motifs is 12. The third-order valence-electron chi connectivity index (χ3n) is 14.1. The minimum Gasteiger partial charge on any atom is -0.493 e. The number of para-hydroxylation sites is 5. The van der Waals surface area contributed by atoms with Crippen molar-refractivity contribution in [2.45, 2.75) is 121 Å². The molecule has 1 amide bonds. The predicted octanol–water partition coefficient (Wildman–Crippen LogP) is 13.2. The number of carbonyl (C=O) groups is 1. The van der Waals surface area contributed by atoms with Gasteiger partial charge < -0.3 is 37.9 Å². The summed E-state index contributed by atoms with van der Waals surface area (Å²) < 4.78 is 82.1. The third-order valence-corrected chi connectivity index (χ3v) is 15.4. The Kier molecular flexibility index (Phi) is 22.6. The van der Waals surface area contributed by atoms with Crippen molar-refractivity contribution in [2.24, 2.45) is 0 Å². The Morgan fingerprint density at radius 3 is 1.28 bits per heavy atom. The van der Waals surface area contributed by atoms with Crippen molar-refractivity contribution in [1.29, 1.82) is 0 Å². The Bertz CT molecular complexity index is 2830. The van der Waals surface area contributed by atoms with Crippen LogP contribution < -0.4 is 33.1 Å². The molecule has 0 saturated heterocycles. The van der Waals surface area contributed by atoms with Crippen molar-refractivity contribution in [3.8, 4) is 34.5 Å². The van der Waals surface area contributed by atoms with E-state index in [0.29, 0.717) is 93.7 Å². The van der Waals surface area contributed by atoms with E-state index < -0.39 is 15.9 Å². The van der Waals surface area contributed by atoms with Gasteiger partial charge in [-0.25, -0.2) is 13.1 Å². The van der Waals surface area contributed by atoms with Gasteiger partial charge in [-0.15, -0.1) is 0 Å². The molecule has 0 atom stereocenters. The van der Waals surface area contributed by atoms with E-state index in [1.807, 2.05) is 24.3 Å². The Balaban J connectivity index is 1.26. The highest BCUT2D eigenvalue weighted by Crippen LogP contribution is 2.40. The first-order valence-electron chi connectivity index (χ1n) is 28.4. The maximum atomic E-state index is 14.6. The molecule has 6 aromatic carbocycles. The summed E-state index contributed by atoms with van der Waals surface area (Å²) in [7, 11) is -4.23. The summed E-state index contributed by atoms with van der Waals surface area (Å²) in [6, 6.07) is 37.8. The molecular formula is C65H79NO11S. The number of ether oxygens (including phenoxy) is 8. The number of sulfonamides is 1. The lowest BCUT2D eigenvalue weighted by Crippen LogP contribution is -2.30. The molecule has 416 valence electrons. The molecule has 0 fully saturated rings. The highest BCUT2D eigenvalue weighted by Gasteiger charge is 2.26. The van der Waals surface area contributed by atoms with E-state index >= 15 is 0 Å². The Hall–Kier alpha value is -6.54. The SMILES string of the molecule is CCCCCCCCOc1c2cccc1Cc1cc(C(=O)NS(=O)(=O)c3ccccc3)cc3c1OCCOCCOc1ccccc1OCCOCCOc1c(cccc1Cc1cccc(c1OCCCCCCCC)C3)C2. The second-order valence-corrected chi connectivity index (χ2v) is 21.8. The van der Waals surface area contributed by atoms with Gasteiger partial charge in [0, 0.05) is 31.2 Å². The quantitative estimate of drug-likeness (QED) is 0.0612. The molecule has 78 heavy (non-hydrogen) atoms. The maximum absolute atomic E-state index is 14.6. The molecule has 2 heterocycles. The Labute approximate surface area is 463 Å². The largest absolute Gasteiger partial charge is 0.493 e. The Morgan fingerprint density at radius 2 is 0.821 bits per heavy atom. The standard InChI is InChI=1S/C65H79NO11S/c1-3-5-7-9-11-18-33-74-61-49-23-21-27-53(61)45-55-47-57(65(67)66-78(68,69)58-29-14-13-15-30-58)48-56-46-54-28-22-24-50(62(54)75-34-19-12-10-8-6-4-2)44-52-26-20-25-51(43-49)63(52)76-41-37-70-35-39-72-59-31-16-17-32-60(59)73-40-36-71-38-42-77-64(55)56/h13-17,20-32,47-48H,3-12,18-19,33-46H2,1-2H3,(H,66,67). The minimum absolute atomic E-state index is 0.0125. The summed E-state index contributed by atoms with van der Waals surface area (Å²) in [5.74, 6) is 3.35. The van der Waals surface area contributed by atoms with Crippen molar-refractivity contribution in [2.75, 3.05) is 66.1 Å². The molecule has 1 N–H and O–H groups in total. The smallest absolute Gasteiger partial charge is 0.265 e. The minimum atomic E-state index is -4.23. The summed E-state index contributed by atoms with van der Waals surface area (Å²) in [5.41, 5.74) is 7.31. The van der Waals surface area contributed by atoms with E-state index in [2.05, 4.69) is 73.2 Å². The van der Waals surface area contributed by atoms with Crippen LogP contribution in [0, 0.1) is 0 Å². The van der Waals surface area contributed by atoms with Crippen LogP contribution in [0.15, 0.2) is 126 Å².